The molecule has 160 valence electrons. The zero-order chi connectivity index (χ0) is 22.2. The normalized spacial score (nSPS) is 9.67. The molecule has 1 saturated heterocycles. The first-order valence-corrected chi connectivity index (χ1v) is 9.68. The van der Waals surface area contributed by atoms with Gasteiger partial charge in [-0.25, -0.2) is 0 Å². The summed E-state index contributed by atoms with van der Waals surface area (Å²) in [7, 11) is 1.00. The van der Waals surface area contributed by atoms with E-state index < -0.39 is 5.97 Å². The smallest absolute Gasteiger partial charge is 0.303 e. The standard InChI is InChI=1S/C7H10O2.C7H12.C4H9N.C2H6.CH4O.CH2O/c1-2-3-4-5-6-7(8)9;1-3-5-7-6-4-2;1-2-4-5-3-1;3*1-2/h1H,3-6H2,(H,8,9);3,5,7H2,1-2H3;5H,1-4H2;1-2H3;2H,1H3;1H2. The number of hydrogen-bond donors (Lipinski definition) is 3. The fourth-order valence-electron chi connectivity index (χ4n) is 1.52. The minimum absolute atomic E-state index is 0.238. The van der Waals surface area contributed by atoms with Crippen LogP contribution in [0.4, 0.5) is 0 Å². The number of terminal acetylenes is 1. The summed E-state index contributed by atoms with van der Waals surface area (Å²) < 4.78 is 0. The Hall–Kier alpha value is -1.82. The molecule has 5 heteroatoms. The van der Waals surface area contributed by atoms with E-state index in [2.05, 4.69) is 30.0 Å². The van der Waals surface area contributed by atoms with Crippen LogP contribution in [0.15, 0.2) is 0 Å². The van der Waals surface area contributed by atoms with Crippen LogP contribution in [0.2, 0.25) is 0 Å². The maximum Gasteiger partial charge on any atom is 0.303 e. The summed E-state index contributed by atoms with van der Waals surface area (Å²) in [6.07, 6.45) is 13.8. The van der Waals surface area contributed by atoms with Gasteiger partial charge in [0.2, 0.25) is 0 Å². The van der Waals surface area contributed by atoms with Crippen molar-refractivity contribution in [1.29, 1.82) is 0 Å². The Morgan fingerprint density at radius 1 is 1.07 bits per heavy atom. The second kappa shape index (κ2) is 49.6. The van der Waals surface area contributed by atoms with Gasteiger partial charge in [0.15, 0.2) is 0 Å². The average molecular weight is 386 g/mol. The molecule has 27 heavy (non-hydrogen) atoms. The number of aliphatic carboxylic acids is 1. The summed E-state index contributed by atoms with van der Waals surface area (Å²) in [6, 6.07) is 0. The number of carbonyl (C=O) groups is 2. The molecule has 0 aromatic rings. The summed E-state index contributed by atoms with van der Waals surface area (Å²) >= 11 is 0. The van der Waals surface area contributed by atoms with Gasteiger partial charge in [-0.2, -0.15) is 0 Å². The molecule has 0 aliphatic carbocycles. The molecule has 0 aromatic carbocycles. The van der Waals surface area contributed by atoms with Crippen molar-refractivity contribution in [3.63, 3.8) is 0 Å². The SMILES string of the molecule is C#CCCCCC(=O)O.C1CCNC1.C=O.CC.CC#CCCCC.CO. The first-order chi connectivity index (χ1) is 13.2. The van der Waals surface area contributed by atoms with Crippen LogP contribution in [-0.2, 0) is 9.59 Å². The fraction of sp³-hybridized carbons (Fsp3) is 0.727. The summed E-state index contributed by atoms with van der Waals surface area (Å²) in [5.74, 6) is 7.56. The van der Waals surface area contributed by atoms with Crippen LogP contribution >= 0.6 is 0 Å². The summed E-state index contributed by atoms with van der Waals surface area (Å²) in [4.78, 5) is 17.9. The van der Waals surface area contributed by atoms with Crippen LogP contribution < -0.4 is 5.32 Å². The van der Waals surface area contributed by atoms with Crippen molar-refractivity contribution in [1.82, 2.24) is 5.32 Å². The lowest BCUT2D eigenvalue weighted by Gasteiger charge is -1.89. The first kappa shape index (κ1) is 36.2. The predicted molar refractivity (Wildman–Crippen MR) is 117 cm³/mol. The highest BCUT2D eigenvalue weighted by molar-refractivity contribution is 5.66. The summed E-state index contributed by atoms with van der Waals surface area (Å²) in [5.41, 5.74) is 0. The molecule has 0 bridgehead atoms. The monoisotopic (exact) mass is 385 g/mol. The van der Waals surface area contributed by atoms with Gasteiger partial charge >= 0.3 is 5.97 Å². The Labute approximate surface area is 168 Å². The maximum absolute atomic E-state index is 9.91. The zero-order valence-electron chi connectivity index (χ0n) is 18.3. The number of carbonyl (C=O) groups excluding carboxylic acids is 1. The highest BCUT2D eigenvalue weighted by Gasteiger charge is 1.93. The van der Waals surface area contributed by atoms with Crippen molar-refractivity contribution < 1.29 is 19.8 Å². The minimum atomic E-state index is -0.743. The molecule has 0 aromatic heterocycles. The number of carboxylic acids is 1. The van der Waals surface area contributed by atoms with Gasteiger partial charge in [0, 0.05) is 26.4 Å². The van der Waals surface area contributed by atoms with Crippen LogP contribution in [-0.4, -0.2) is 43.2 Å². The van der Waals surface area contributed by atoms with Crippen molar-refractivity contribution >= 4 is 12.8 Å². The van der Waals surface area contributed by atoms with Crippen LogP contribution in [0.1, 0.15) is 85.5 Å². The highest BCUT2D eigenvalue weighted by atomic mass is 16.4. The first-order valence-electron chi connectivity index (χ1n) is 9.68. The van der Waals surface area contributed by atoms with Gasteiger partial charge in [-0.15, -0.1) is 24.2 Å². The lowest BCUT2D eigenvalue weighted by atomic mass is 10.2. The molecule has 0 saturated carbocycles. The predicted octanol–water partition coefficient (Wildman–Crippen LogP) is 4.28. The Kier molecular flexibility index (Phi) is 66.4. The quantitative estimate of drug-likeness (QED) is 0.469. The molecule has 1 aliphatic rings. The third-order valence-corrected chi connectivity index (χ3v) is 2.75. The van der Waals surface area contributed by atoms with E-state index in [0.29, 0.717) is 12.8 Å². The van der Waals surface area contributed by atoms with E-state index in [0.717, 1.165) is 20.0 Å². The Bertz CT molecular complexity index is 329. The van der Waals surface area contributed by atoms with Crippen molar-refractivity contribution in [3.05, 3.63) is 0 Å². The number of aliphatic hydroxyl groups excluding tert-OH is 1. The van der Waals surface area contributed by atoms with Gasteiger partial charge in [0.05, 0.1) is 0 Å². The van der Waals surface area contributed by atoms with Gasteiger partial charge in [0.25, 0.3) is 0 Å². The maximum atomic E-state index is 9.91. The van der Waals surface area contributed by atoms with Crippen molar-refractivity contribution in [2.75, 3.05) is 20.2 Å². The highest BCUT2D eigenvalue weighted by Crippen LogP contribution is 1.97. The summed E-state index contributed by atoms with van der Waals surface area (Å²) in [6.45, 7) is 12.6. The van der Waals surface area contributed by atoms with Gasteiger partial charge in [-0.1, -0.05) is 27.2 Å². The number of aliphatic hydroxyl groups is 1. The molecule has 1 fully saturated rings. The lowest BCUT2D eigenvalue weighted by Crippen LogP contribution is -2.03. The lowest BCUT2D eigenvalue weighted by molar-refractivity contribution is -0.137. The molecule has 0 amide bonds. The van der Waals surface area contributed by atoms with E-state index in [4.69, 9.17) is 21.4 Å². The van der Waals surface area contributed by atoms with E-state index in [-0.39, 0.29) is 6.42 Å². The Morgan fingerprint density at radius 2 is 1.59 bits per heavy atom. The van der Waals surface area contributed by atoms with Crippen LogP contribution in [0.25, 0.3) is 0 Å². The molecule has 0 unspecified atom stereocenters. The molecule has 1 aliphatic heterocycles. The van der Waals surface area contributed by atoms with Gasteiger partial charge in [0.1, 0.15) is 6.79 Å². The van der Waals surface area contributed by atoms with E-state index >= 15 is 0 Å². The molecule has 3 N–H and O–H groups in total. The molecule has 1 heterocycles. The average Bonchev–Trinajstić information content (AvgIpc) is 3.31. The van der Waals surface area contributed by atoms with E-state index in [1.165, 1.54) is 38.8 Å². The molecule has 1 rings (SSSR count). The second-order valence-electron chi connectivity index (χ2n) is 4.79. The molecule has 0 radical (unpaired) electrons. The van der Waals surface area contributed by atoms with E-state index in [1.807, 2.05) is 27.6 Å². The largest absolute Gasteiger partial charge is 0.481 e. The number of nitrogens with one attached hydrogen (secondary N) is 1. The van der Waals surface area contributed by atoms with Crippen molar-refractivity contribution in [3.8, 4) is 24.2 Å². The minimum Gasteiger partial charge on any atom is -0.481 e. The van der Waals surface area contributed by atoms with Crippen LogP contribution in [0.3, 0.4) is 0 Å². The zero-order valence-corrected chi connectivity index (χ0v) is 18.3. The molecule has 0 atom stereocenters. The second-order valence-corrected chi connectivity index (χ2v) is 4.79. The van der Waals surface area contributed by atoms with Crippen molar-refractivity contribution in [2.24, 2.45) is 0 Å². The number of carboxylic acid groups (broad SMARTS) is 1. The van der Waals surface area contributed by atoms with E-state index in [1.54, 1.807) is 0 Å². The van der Waals surface area contributed by atoms with Crippen LogP contribution in [0, 0.1) is 24.2 Å². The number of rotatable bonds is 6. The van der Waals surface area contributed by atoms with E-state index in [9.17, 15) is 4.79 Å². The number of unbranched alkanes of at least 4 members (excludes halogenated alkanes) is 4. The van der Waals surface area contributed by atoms with Crippen molar-refractivity contribution in [2.45, 2.75) is 85.5 Å². The third-order valence-electron chi connectivity index (χ3n) is 2.75. The van der Waals surface area contributed by atoms with Gasteiger partial charge in [-0.05, 0) is 52.1 Å². The topological polar surface area (TPSA) is 86.6 Å². The molecular formula is C22H43NO4. The Balaban J connectivity index is -0.0000000801. The van der Waals surface area contributed by atoms with Crippen LogP contribution in [0.5, 0.6) is 0 Å². The third kappa shape index (κ3) is 68.5. The van der Waals surface area contributed by atoms with Gasteiger partial charge in [-0.3, -0.25) is 4.79 Å². The van der Waals surface area contributed by atoms with Gasteiger partial charge < -0.3 is 20.3 Å². The molecular weight excluding hydrogens is 342 g/mol. The molecule has 0 spiro atoms. The summed E-state index contributed by atoms with van der Waals surface area (Å²) in [5, 5.41) is 18.4. The number of hydrogen-bond acceptors (Lipinski definition) is 4. The molecule has 5 nitrogen and oxygen atoms in total. The Morgan fingerprint density at radius 3 is 1.89 bits per heavy atom. The fourth-order valence-corrected chi connectivity index (χ4v) is 1.52.